The molecular weight excluding hydrogens is 322 g/mol. The van der Waals surface area contributed by atoms with Crippen LogP contribution in [0.5, 0.6) is 5.75 Å². The molecule has 0 radical (unpaired) electrons. The Bertz CT molecular complexity index is 670. The molecule has 1 aromatic rings. The van der Waals surface area contributed by atoms with Crippen LogP contribution in [0, 0.1) is 27.9 Å². The van der Waals surface area contributed by atoms with E-state index in [1.165, 1.54) is 31.5 Å². The SMILES string of the molecule is C[C@@H](Oc1cccnc1[N+](=O)[O-])C(=O)NC12CC3CC(CC(C3)C1)C2. The van der Waals surface area contributed by atoms with Crippen molar-refractivity contribution < 1.29 is 14.5 Å². The predicted octanol–water partition coefficient (Wildman–Crippen LogP) is 2.84. The number of ether oxygens (including phenoxy) is 1. The van der Waals surface area contributed by atoms with Gasteiger partial charge in [0.25, 0.3) is 5.91 Å². The summed E-state index contributed by atoms with van der Waals surface area (Å²) in [5.74, 6) is 1.68. The molecule has 0 saturated heterocycles. The highest BCUT2D eigenvalue weighted by atomic mass is 16.6. The highest BCUT2D eigenvalue weighted by molar-refractivity contribution is 5.81. The third kappa shape index (κ3) is 3.07. The summed E-state index contributed by atoms with van der Waals surface area (Å²) in [5, 5.41) is 14.3. The van der Waals surface area contributed by atoms with Gasteiger partial charge < -0.3 is 20.2 Å². The van der Waals surface area contributed by atoms with Crippen LogP contribution in [0.25, 0.3) is 0 Å². The Morgan fingerprint density at radius 3 is 2.48 bits per heavy atom. The number of amides is 1. The molecule has 1 atom stereocenters. The van der Waals surface area contributed by atoms with Crippen molar-refractivity contribution in [2.75, 3.05) is 0 Å². The smallest absolute Gasteiger partial charge is 0.406 e. The molecule has 0 unspecified atom stereocenters. The summed E-state index contributed by atoms with van der Waals surface area (Å²) in [4.78, 5) is 26.8. The lowest BCUT2D eigenvalue weighted by atomic mass is 9.53. The third-order valence-electron chi connectivity index (χ3n) is 6.02. The van der Waals surface area contributed by atoms with E-state index in [0.717, 1.165) is 37.0 Å². The summed E-state index contributed by atoms with van der Waals surface area (Å²) in [6, 6.07) is 3.03. The van der Waals surface area contributed by atoms with Gasteiger partial charge in [-0.1, -0.05) is 0 Å². The maximum absolute atomic E-state index is 12.7. The van der Waals surface area contributed by atoms with E-state index < -0.39 is 11.0 Å². The molecule has 7 heteroatoms. The quantitative estimate of drug-likeness (QED) is 0.654. The minimum absolute atomic E-state index is 0.0284. The Labute approximate surface area is 146 Å². The Kier molecular flexibility index (Phi) is 3.89. The number of carbonyl (C=O) groups excluding carboxylic acids is 1. The fourth-order valence-corrected chi connectivity index (χ4v) is 5.48. The third-order valence-corrected chi connectivity index (χ3v) is 6.02. The highest BCUT2D eigenvalue weighted by Gasteiger charge is 2.51. The Balaban J connectivity index is 1.44. The molecule has 1 heterocycles. The maximum atomic E-state index is 12.7. The van der Waals surface area contributed by atoms with Crippen LogP contribution in [0.2, 0.25) is 0 Å². The van der Waals surface area contributed by atoms with Crippen molar-refractivity contribution in [1.82, 2.24) is 10.3 Å². The molecule has 0 aliphatic heterocycles. The van der Waals surface area contributed by atoms with Crippen LogP contribution < -0.4 is 10.1 Å². The molecule has 25 heavy (non-hydrogen) atoms. The van der Waals surface area contributed by atoms with Crippen molar-refractivity contribution in [2.45, 2.75) is 57.1 Å². The molecule has 0 aromatic carbocycles. The molecule has 7 nitrogen and oxygen atoms in total. The first-order valence-electron chi connectivity index (χ1n) is 9.02. The van der Waals surface area contributed by atoms with Gasteiger partial charge in [0.1, 0.15) is 6.20 Å². The minimum Gasteiger partial charge on any atom is -0.473 e. The fraction of sp³-hybridized carbons (Fsp3) is 0.667. The summed E-state index contributed by atoms with van der Waals surface area (Å²) in [7, 11) is 0. The van der Waals surface area contributed by atoms with Crippen LogP contribution in [0.1, 0.15) is 45.4 Å². The predicted molar refractivity (Wildman–Crippen MR) is 90.0 cm³/mol. The standard InChI is InChI=1S/C18H23N3O4/c1-11(25-15-3-2-4-19-16(15)21(23)24)17(22)20-18-8-12-5-13(9-18)7-14(6-12)10-18/h2-4,11-14H,5-10H2,1H3,(H,20,22)/t11-,12?,13?,14?,18?/m1/s1. The first-order valence-corrected chi connectivity index (χ1v) is 9.02. The lowest BCUT2D eigenvalue weighted by Gasteiger charge is -2.57. The largest absolute Gasteiger partial charge is 0.473 e. The van der Waals surface area contributed by atoms with Gasteiger partial charge >= 0.3 is 5.82 Å². The van der Waals surface area contributed by atoms with Gasteiger partial charge in [-0.15, -0.1) is 0 Å². The van der Waals surface area contributed by atoms with E-state index >= 15 is 0 Å². The van der Waals surface area contributed by atoms with E-state index in [4.69, 9.17) is 4.74 Å². The van der Waals surface area contributed by atoms with E-state index in [1.54, 1.807) is 13.0 Å². The van der Waals surface area contributed by atoms with Gasteiger partial charge in [-0.2, -0.15) is 0 Å². The van der Waals surface area contributed by atoms with E-state index in [1.807, 2.05) is 0 Å². The van der Waals surface area contributed by atoms with Crippen LogP contribution >= 0.6 is 0 Å². The van der Waals surface area contributed by atoms with Gasteiger partial charge in [-0.3, -0.25) is 4.79 Å². The molecule has 4 aliphatic carbocycles. The van der Waals surface area contributed by atoms with Crippen LogP contribution in [0.15, 0.2) is 18.3 Å². The summed E-state index contributed by atoms with van der Waals surface area (Å²) in [6.45, 7) is 1.63. The Hall–Kier alpha value is -2.18. The minimum atomic E-state index is -0.795. The lowest BCUT2D eigenvalue weighted by Crippen LogP contribution is -2.61. The molecule has 1 aromatic heterocycles. The first kappa shape index (κ1) is 16.3. The molecule has 0 spiro atoms. The number of hydrogen-bond donors (Lipinski definition) is 1. The average Bonchev–Trinajstić information content (AvgIpc) is 2.53. The van der Waals surface area contributed by atoms with Gasteiger partial charge in [0.15, 0.2) is 6.10 Å². The second kappa shape index (κ2) is 5.97. The lowest BCUT2D eigenvalue weighted by molar-refractivity contribution is -0.390. The molecular formula is C18H23N3O4. The summed E-state index contributed by atoms with van der Waals surface area (Å²) in [6.07, 6.45) is 7.65. The van der Waals surface area contributed by atoms with E-state index in [2.05, 4.69) is 10.3 Å². The van der Waals surface area contributed by atoms with Crippen molar-refractivity contribution in [2.24, 2.45) is 17.8 Å². The van der Waals surface area contributed by atoms with Crippen molar-refractivity contribution >= 4 is 11.7 Å². The zero-order valence-corrected chi connectivity index (χ0v) is 14.3. The molecule has 5 rings (SSSR count). The van der Waals surface area contributed by atoms with Crippen molar-refractivity contribution in [1.29, 1.82) is 0 Å². The van der Waals surface area contributed by atoms with E-state index in [9.17, 15) is 14.9 Å². The topological polar surface area (TPSA) is 94.4 Å². The molecule has 4 saturated carbocycles. The fourth-order valence-electron chi connectivity index (χ4n) is 5.48. The van der Waals surface area contributed by atoms with E-state index in [0.29, 0.717) is 0 Å². The molecule has 4 bridgehead atoms. The molecule has 1 N–H and O–H groups in total. The van der Waals surface area contributed by atoms with Crippen molar-refractivity contribution in [3.8, 4) is 5.75 Å². The molecule has 4 aliphatic rings. The van der Waals surface area contributed by atoms with Gasteiger partial charge in [0.05, 0.1) is 0 Å². The van der Waals surface area contributed by atoms with Crippen LogP contribution in [0.4, 0.5) is 5.82 Å². The normalized spacial score (nSPS) is 33.7. The van der Waals surface area contributed by atoms with Crippen molar-refractivity contribution in [3.63, 3.8) is 0 Å². The summed E-state index contributed by atoms with van der Waals surface area (Å²) in [5.41, 5.74) is -0.0929. The number of rotatable bonds is 5. The zero-order chi connectivity index (χ0) is 17.6. The van der Waals surface area contributed by atoms with Gasteiger partial charge in [0.2, 0.25) is 5.75 Å². The maximum Gasteiger partial charge on any atom is 0.406 e. The summed E-state index contributed by atoms with van der Waals surface area (Å²) < 4.78 is 5.57. The van der Waals surface area contributed by atoms with Crippen LogP contribution in [-0.4, -0.2) is 27.5 Å². The second-order valence-corrected chi connectivity index (χ2v) is 8.03. The molecule has 134 valence electrons. The van der Waals surface area contributed by atoms with Crippen LogP contribution in [0.3, 0.4) is 0 Å². The number of aromatic nitrogens is 1. The first-order chi connectivity index (χ1) is 11.9. The monoisotopic (exact) mass is 345 g/mol. The number of hydrogen-bond acceptors (Lipinski definition) is 5. The molecule has 4 fully saturated rings. The number of nitrogens with one attached hydrogen (secondary N) is 1. The summed E-state index contributed by atoms with van der Waals surface area (Å²) >= 11 is 0. The zero-order valence-electron chi connectivity index (χ0n) is 14.3. The number of nitrogens with zero attached hydrogens (tertiary/aromatic N) is 2. The Morgan fingerprint density at radius 1 is 1.32 bits per heavy atom. The van der Waals surface area contributed by atoms with Crippen molar-refractivity contribution in [3.05, 3.63) is 28.4 Å². The van der Waals surface area contributed by atoms with Crippen LogP contribution in [-0.2, 0) is 4.79 Å². The van der Waals surface area contributed by atoms with Gasteiger partial charge in [-0.05, 0) is 85.2 Å². The average molecular weight is 345 g/mol. The van der Waals surface area contributed by atoms with Gasteiger partial charge in [-0.25, -0.2) is 0 Å². The number of pyridine rings is 1. The number of nitro groups is 1. The Morgan fingerprint density at radius 2 is 1.92 bits per heavy atom. The molecule has 1 amide bonds. The number of carbonyl (C=O) groups is 1. The van der Waals surface area contributed by atoms with E-state index in [-0.39, 0.29) is 23.0 Å². The second-order valence-electron chi connectivity index (χ2n) is 8.03. The highest BCUT2D eigenvalue weighted by Crippen LogP contribution is 2.55. The van der Waals surface area contributed by atoms with Gasteiger partial charge in [0, 0.05) is 5.54 Å².